The zero-order valence-electron chi connectivity index (χ0n) is 12.2. The number of aromatic nitrogens is 3. The van der Waals surface area contributed by atoms with Crippen molar-refractivity contribution in [2.75, 3.05) is 38.4 Å². The summed E-state index contributed by atoms with van der Waals surface area (Å²) in [6.45, 7) is 5.40. The monoisotopic (exact) mass is 285 g/mol. The minimum atomic E-state index is 0.00102. The number of anilines is 2. The first kappa shape index (κ1) is 16.5. The number of methoxy groups -OCH3 is 1. The van der Waals surface area contributed by atoms with Crippen LogP contribution in [-0.2, 0) is 20.6 Å². The summed E-state index contributed by atoms with van der Waals surface area (Å²) in [6.07, 6.45) is 0.604. The SMILES string of the molecule is COC(C)COC(C)COCCc1nc(N)nc(N)n1. The Morgan fingerprint density at radius 3 is 2.25 bits per heavy atom. The molecule has 1 heterocycles. The molecule has 0 spiro atoms. The molecular weight excluding hydrogens is 262 g/mol. The fourth-order valence-electron chi connectivity index (χ4n) is 1.40. The van der Waals surface area contributed by atoms with E-state index in [1.165, 1.54) is 0 Å². The van der Waals surface area contributed by atoms with E-state index in [1.807, 2.05) is 13.8 Å². The maximum Gasteiger partial charge on any atom is 0.225 e. The van der Waals surface area contributed by atoms with Gasteiger partial charge in [0.25, 0.3) is 0 Å². The first-order valence-electron chi connectivity index (χ1n) is 6.49. The molecule has 0 aliphatic rings. The predicted molar refractivity (Wildman–Crippen MR) is 75.1 cm³/mol. The molecule has 2 atom stereocenters. The average Bonchev–Trinajstić information content (AvgIpc) is 2.40. The van der Waals surface area contributed by atoms with E-state index in [2.05, 4.69) is 15.0 Å². The van der Waals surface area contributed by atoms with Crippen molar-refractivity contribution >= 4 is 11.9 Å². The van der Waals surface area contributed by atoms with E-state index >= 15 is 0 Å². The van der Waals surface area contributed by atoms with Gasteiger partial charge in [0.1, 0.15) is 5.82 Å². The van der Waals surface area contributed by atoms with E-state index in [0.29, 0.717) is 32.1 Å². The third kappa shape index (κ3) is 6.60. The van der Waals surface area contributed by atoms with Gasteiger partial charge in [-0.3, -0.25) is 0 Å². The van der Waals surface area contributed by atoms with Crippen molar-refractivity contribution in [1.29, 1.82) is 0 Å². The van der Waals surface area contributed by atoms with Gasteiger partial charge in [-0.05, 0) is 13.8 Å². The maximum absolute atomic E-state index is 5.55. The van der Waals surface area contributed by atoms with Gasteiger partial charge in [-0.25, -0.2) is 0 Å². The molecule has 0 bridgehead atoms. The third-order valence-electron chi connectivity index (χ3n) is 2.56. The number of ether oxygens (including phenoxy) is 3. The molecule has 8 heteroatoms. The largest absolute Gasteiger partial charge is 0.379 e. The van der Waals surface area contributed by atoms with Crippen LogP contribution in [0.2, 0.25) is 0 Å². The Morgan fingerprint density at radius 1 is 1.00 bits per heavy atom. The minimum absolute atomic E-state index is 0.00102. The predicted octanol–water partition coefficient (Wildman–Crippen LogP) is 0.0351. The zero-order chi connectivity index (χ0) is 15.0. The summed E-state index contributed by atoms with van der Waals surface area (Å²) < 4.78 is 16.1. The van der Waals surface area contributed by atoms with E-state index in [0.717, 1.165) is 0 Å². The standard InChI is InChI=1S/C12H23N5O3/c1-8(18-3)7-20-9(2)6-19-5-4-10-15-11(13)17-12(14)16-10/h8-9H,4-7H2,1-3H3,(H4,13,14,15,16,17). The van der Waals surface area contributed by atoms with Crippen molar-refractivity contribution in [2.24, 2.45) is 0 Å². The number of hydrogen-bond acceptors (Lipinski definition) is 8. The summed E-state index contributed by atoms with van der Waals surface area (Å²) in [7, 11) is 1.65. The molecule has 0 fully saturated rings. The fourth-order valence-corrected chi connectivity index (χ4v) is 1.40. The smallest absolute Gasteiger partial charge is 0.225 e. The molecule has 4 N–H and O–H groups in total. The van der Waals surface area contributed by atoms with Crippen molar-refractivity contribution in [3.63, 3.8) is 0 Å². The van der Waals surface area contributed by atoms with Gasteiger partial charge in [-0.15, -0.1) is 0 Å². The van der Waals surface area contributed by atoms with Gasteiger partial charge in [-0.1, -0.05) is 0 Å². The van der Waals surface area contributed by atoms with E-state index in [-0.39, 0.29) is 24.1 Å². The van der Waals surface area contributed by atoms with Gasteiger partial charge in [0.2, 0.25) is 11.9 Å². The van der Waals surface area contributed by atoms with Crippen LogP contribution >= 0.6 is 0 Å². The molecule has 0 aliphatic heterocycles. The Labute approximate surface area is 118 Å². The average molecular weight is 285 g/mol. The number of rotatable bonds is 9. The van der Waals surface area contributed by atoms with Crippen molar-refractivity contribution in [2.45, 2.75) is 32.5 Å². The fraction of sp³-hybridized carbons (Fsp3) is 0.750. The highest BCUT2D eigenvalue weighted by molar-refractivity contribution is 5.25. The lowest BCUT2D eigenvalue weighted by molar-refractivity contribution is -0.0460. The van der Waals surface area contributed by atoms with Gasteiger partial charge in [0.15, 0.2) is 0 Å². The van der Waals surface area contributed by atoms with E-state index in [9.17, 15) is 0 Å². The van der Waals surface area contributed by atoms with Crippen LogP contribution in [0.4, 0.5) is 11.9 Å². The Balaban J connectivity index is 2.18. The van der Waals surface area contributed by atoms with E-state index in [4.69, 9.17) is 25.7 Å². The van der Waals surface area contributed by atoms with Gasteiger partial charge < -0.3 is 25.7 Å². The molecule has 0 saturated carbocycles. The summed E-state index contributed by atoms with van der Waals surface area (Å²) in [5, 5.41) is 0. The van der Waals surface area contributed by atoms with E-state index in [1.54, 1.807) is 7.11 Å². The van der Waals surface area contributed by atoms with E-state index < -0.39 is 0 Å². The quantitative estimate of drug-likeness (QED) is 0.610. The van der Waals surface area contributed by atoms with Crippen molar-refractivity contribution in [3.8, 4) is 0 Å². The van der Waals surface area contributed by atoms with Crippen LogP contribution in [0.1, 0.15) is 19.7 Å². The van der Waals surface area contributed by atoms with Gasteiger partial charge in [0, 0.05) is 13.5 Å². The number of nitrogens with zero attached hydrogens (tertiary/aromatic N) is 3. The van der Waals surface area contributed by atoms with Crippen molar-refractivity contribution in [1.82, 2.24) is 15.0 Å². The van der Waals surface area contributed by atoms with Crippen LogP contribution in [0, 0.1) is 0 Å². The molecule has 0 aliphatic carbocycles. The second-order valence-corrected chi connectivity index (χ2v) is 4.48. The first-order valence-corrected chi connectivity index (χ1v) is 6.49. The van der Waals surface area contributed by atoms with Crippen LogP contribution in [0.15, 0.2) is 0 Å². The highest BCUT2D eigenvalue weighted by Gasteiger charge is 2.07. The Hall–Kier alpha value is -1.51. The van der Waals surface area contributed by atoms with Gasteiger partial charge >= 0.3 is 0 Å². The third-order valence-corrected chi connectivity index (χ3v) is 2.56. The normalized spacial score (nSPS) is 14.2. The van der Waals surface area contributed by atoms with Crippen molar-refractivity contribution < 1.29 is 14.2 Å². The van der Waals surface area contributed by atoms with Crippen molar-refractivity contribution in [3.05, 3.63) is 5.82 Å². The lowest BCUT2D eigenvalue weighted by Gasteiger charge is -2.16. The second-order valence-electron chi connectivity index (χ2n) is 4.48. The second kappa shape index (κ2) is 8.62. The number of hydrogen-bond donors (Lipinski definition) is 2. The highest BCUT2D eigenvalue weighted by atomic mass is 16.6. The molecule has 8 nitrogen and oxygen atoms in total. The molecule has 0 amide bonds. The summed E-state index contributed by atoms with van der Waals surface area (Å²) >= 11 is 0. The van der Waals surface area contributed by atoms with Crippen LogP contribution in [0.3, 0.4) is 0 Å². The summed E-state index contributed by atoms with van der Waals surface area (Å²) in [6, 6.07) is 0. The first-order chi connectivity index (χ1) is 9.51. The molecule has 1 aromatic rings. The molecular formula is C12H23N5O3. The van der Waals surface area contributed by atoms with Crippen LogP contribution < -0.4 is 11.5 Å². The summed E-state index contributed by atoms with van der Waals surface area (Å²) in [5.74, 6) is 0.770. The Bertz CT molecular complexity index is 384. The highest BCUT2D eigenvalue weighted by Crippen LogP contribution is 2.01. The maximum atomic E-state index is 5.55. The number of nitrogen functional groups attached to an aromatic ring is 2. The summed E-state index contributed by atoms with van der Waals surface area (Å²) in [5.41, 5.74) is 11.0. The minimum Gasteiger partial charge on any atom is -0.379 e. The Morgan fingerprint density at radius 2 is 1.65 bits per heavy atom. The summed E-state index contributed by atoms with van der Waals surface area (Å²) in [4.78, 5) is 11.6. The molecule has 0 saturated heterocycles. The van der Waals surface area contributed by atoms with Crippen LogP contribution in [0.5, 0.6) is 0 Å². The Kier molecular flexibility index (Phi) is 7.13. The lowest BCUT2D eigenvalue weighted by atomic mass is 10.4. The van der Waals surface area contributed by atoms with Gasteiger partial charge in [-0.2, -0.15) is 15.0 Å². The molecule has 0 aromatic carbocycles. The molecule has 0 radical (unpaired) electrons. The number of nitrogens with two attached hydrogens (primary N) is 2. The molecule has 1 aromatic heterocycles. The van der Waals surface area contributed by atoms with Crippen LogP contribution in [-0.4, -0.2) is 54.1 Å². The molecule has 2 unspecified atom stereocenters. The molecule has 1 rings (SSSR count). The zero-order valence-corrected chi connectivity index (χ0v) is 12.2. The van der Waals surface area contributed by atoms with Crippen LogP contribution in [0.25, 0.3) is 0 Å². The topological polar surface area (TPSA) is 118 Å². The lowest BCUT2D eigenvalue weighted by Crippen LogP contribution is -2.23. The van der Waals surface area contributed by atoms with Gasteiger partial charge in [0.05, 0.1) is 32.0 Å². The molecule has 114 valence electrons. The molecule has 20 heavy (non-hydrogen) atoms.